The van der Waals surface area contributed by atoms with E-state index in [-0.39, 0.29) is 24.0 Å². The minimum Gasteiger partial charge on any atom is -0.393 e. The molecule has 2 rings (SSSR count). The summed E-state index contributed by atoms with van der Waals surface area (Å²) in [5.41, 5.74) is 0.0741. The van der Waals surface area contributed by atoms with Gasteiger partial charge < -0.3 is 15.3 Å². The maximum Gasteiger partial charge on any atom is 0.224 e. The number of halogens is 3. The van der Waals surface area contributed by atoms with Crippen molar-refractivity contribution in [3.8, 4) is 0 Å². The minimum atomic E-state index is -0.887. The molecule has 7 heteroatoms. The highest BCUT2D eigenvalue weighted by Gasteiger charge is 2.17. The van der Waals surface area contributed by atoms with Crippen LogP contribution in [-0.4, -0.2) is 48.2 Å². The van der Waals surface area contributed by atoms with Gasteiger partial charge in [0.05, 0.1) is 12.5 Å². The van der Waals surface area contributed by atoms with Gasteiger partial charge in [0, 0.05) is 26.2 Å². The Bertz CT molecular complexity index is 535. The molecule has 1 aromatic rings. The van der Waals surface area contributed by atoms with E-state index in [1.54, 1.807) is 0 Å². The van der Waals surface area contributed by atoms with Crippen molar-refractivity contribution in [3.63, 3.8) is 0 Å². The van der Waals surface area contributed by atoms with Gasteiger partial charge in [-0.05, 0) is 24.5 Å². The van der Waals surface area contributed by atoms with Crippen molar-refractivity contribution in [1.29, 1.82) is 0 Å². The van der Waals surface area contributed by atoms with E-state index < -0.39 is 16.7 Å². The SMILES string of the molecule is O=C(Cc1ccc(F)c(Cl)c1F)NCCN1CCC(O)CC1. The Morgan fingerprint density at radius 2 is 2.05 bits per heavy atom. The maximum absolute atomic E-state index is 13.7. The molecule has 22 heavy (non-hydrogen) atoms. The molecule has 1 aliphatic heterocycles. The van der Waals surface area contributed by atoms with Crippen LogP contribution >= 0.6 is 11.6 Å². The lowest BCUT2D eigenvalue weighted by Gasteiger charge is -2.29. The molecule has 0 unspecified atom stereocenters. The Hall–Kier alpha value is -1.24. The number of nitrogens with one attached hydrogen (secondary N) is 1. The summed E-state index contributed by atoms with van der Waals surface area (Å²) in [6.45, 7) is 2.75. The number of hydrogen-bond donors (Lipinski definition) is 2. The van der Waals surface area contributed by atoms with Crippen molar-refractivity contribution in [2.75, 3.05) is 26.2 Å². The van der Waals surface area contributed by atoms with E-state index in [4.69, 9.17) is 11.6 Å². The normalized spacial score (nSPS) is 16.7. The third-order valence-corrected chi connectivity index (χ3v) is 4.12. The summed E-state index contributed by atoms with van der Waals surface area (Å²) in [5.74, 6) is -2.06. The first-order chi connectivity index (χ1) is 10.5. The molecule has 0 radical (unpaired) electrons. The third kappa shape index (κ3) is 4.63. The van der Waals surface area contributed by atoms with Crippen molar-refractivity contribution in [1.82, 2.24) is 10.2 Å². The van der Waals surface area contributed by atoms with Gasteiger partial charge in [0.25, 0.3) is 0 Å². The summed E-state index contributed by atoms with van der Waals surface area (Å²) < 4.78 is 26.7. The smallest absolute Gasteiger partial charge is 0.224 e. The zero-order valence-corrected chi connectivity index (χ0v) is 12.9. The fourth-order valence-electron chi connectivity index (χ4n) is 2.43. The van der Waals surface area contributed by atoms with Gasteiger partial charge in [-0.1, -0.05) is 17.7 Å². The van der Waals surface area contributed by atoms with Gasteiger partial charge in [0.15, 0.2) is 0 Å². The average molecular weight is 333 g/mol. The number of aliphatic hydroxyl groups is 1. The Labute approximate surface area is 133 Å². The van der Waals surface area contributed by atoms with Gasteiger partial charge in [-0.25, -0.2) is 8.78 Å². The lowest BCUT2D eigenvalue weighted by molar-refractivity contribution is -0.120. The molecule has 0 bridgehead atoms. The van der Waals surface area contributed by atoms with Crippen LogP contribution in [0.3, 0.4) is 0 Å². The van der Waals surface area contributed by atoms with E-state index in [0.717, 1.165) is 32.0 Å². The van der Waals surface area contributed by atoms with Crippen LogP contribution in [0.1, 0.15) is 18.4 Å². The molecular formula is C15H19ClF2N2O2. The molecule has 4 nitrogen and oxygen atoms in total. The van der Waals surface area contributed by atoms with Crippen LogP contribution in [0.4, 0.5) is 8.78 Å². The summed E-state index contributed by atoms with van der Waals surface area (Å²) in [7, 11) is 0. The zero-order valence-electron chi connectivity index (χ0n) is 12.1. The summed E-state index contributed by atoms with van der Waals surface area (Å²) in [6, 6.07) is 2.27. The number of piperidine rings is 1. The number of aliphatic hydroxyl groups excluding tert-OH is 1. The van der Waals surface area contributed by atoms with Crippen LogP contribution in [0, 0.1) is 11.6 Å². The van der Waals surface area contributed by atoms with Crippen molar-refractivity contribution in [3.05, 3.63) is 34.4 Å². The van der Waals surface area contributed by atoms with E-state index in [1.807, 2.05) is 0 Å². The quantitative estimate of drug-likeness (QED) is 0.808. The van der Waals surface area contributed by atoms with Crippen LogP contribution in [0.2, 0.25) is 5.02 Å². The van der Waals surface area contributed by atoms with Gasteiger partial charge in [-0.2, -0.15) is 0 Å². The van der Waals surface area contributed by atoms with E-state index >= 15 is 0 Å². The highest BCUT2D eigenvalue weighted by molar-refractivity contribution is 6.31. The highest BCUT2D eigenvalue weighted by Crippen LogP contribution is 2.22. The fourth-order valence-corrected chi connectivity index (χ4v) is 2.62. The van der Waals surface area contributed by atoms with Crippen molar-refractivity contribution in [2.45, 2.75) is 25.4 Å². The molecule has 0 saturated carbocycles. The molecule has 1 aromatic carbocycles. The molecule has 1 fully saturated rings. The first-order valence-electron chi connectivity index (χ1n) is 7.27. The van der Waals surface area contributed by atoms with E-state index in [0.29, 0.717) is 13.1 Å². The summed E-state index contributed by atoms with van der Waals surface area (Å²) in [5, 5.41) is 11.5. The minimum absolute atomic E-state index is 0.0741. The molecule has 0 atom stereocenters. The first kappa shape index (κ1) is 17.1. The topological polar surface area (TPSA) is 52.6 Å². The Balaban J connectivity index is 1.75. The first-order valence-corrected chi connectivity index (χ1v) is 7.64. The highest BCUT2D eigenvalue weighted by atomic mass is 35.5. The van der Waals surface area contributed by atoms with Crippen molar-refractivity contribution >= 4 is 17.5 Å². The largest absolute Gasteiger partial charge is 0.393 e. The van der Waals surface area contributed by atoms with Crippen LogP contribution in [0.5, 0.6) is 0 Å². The van der Waals surface area contributed by atoms with Crippen LogP contribution in [0.15, 0.2) is 12.1 Å². The molecule has 2 N–H and O–H groups in total. The molecule has 122 valence electrons. The Morgan fingerprint density at radius 3 is 2.73 bits per heavy atom. The number of likely N-dealkylation sites (tertiary alicyclic amines) is 1. The maximum atomic E-state index is 13.7. The van der Waals surface area contributed by atoms with E-state index in [2.05, 4.69) is 10.2 Å². The molecule has 1 saturated heterocycles. The third-order valence-electron chi connectivity index (χ3n) is 3.77. The van der Waals surface area contributed by atoms with Gasteiger partial charge in [0.1, 0.15) is 16.7 Å². The molecule has 1 heterocycles. The van der Waals surface area contributed by atoms with Gasteiger partial charge >= 0.3 is 0 Å². The molecule has 1 amide bonds. The van der Waals surface area contributed by atoms with Crippen LogP contribution < -0.4 is 5.32 Å². The molecule has 0 aromatic heterocycles. The molecule has 0 spiro atoms. The Kier molecular flexibility index (Phi) is 6.11. The number of nitrogens with zero attached hydrogens (tertiary/aromatic N) is 1. The van der Waals surface area contributed by atoms with Gasteiger partial charge in [-0.3, -0.25) is 4.79 Å². The number of rotatable bonds is 5. The second kappa shape index (κ2) is 7.85. The molecule has 0 aliphatic carbocycles. The number of benzene rings is 1. The second-order valence-corrected chi connectivity index (χ2v) is 5.81. The monoisotopic (exact) mass is 332 g/mol. The summed E-state index contributed by atoms with van der Waals surface area (Å²) >= 11 is 5.48. The molecular weight excluding hydrogens is 314 g/mol. The van der Waals surface area contributed by atoms with E-state index in [9.17, 15) is 18.7 Å². The van der Waals surface area contributed by atoms with Crippen molar-refractivity contribution < 1.29 is 18.7 Å². The number of amides is 1. The number of hydrogen-bond acceptors (Lipinski definition) is 3. The van der Waals surface area contributed by atoms with Crippen LogP contribution in [0.25, 0.3) is 0 Å². The van der Waals surface area contributed by atoms with Gasteiger partial charge in [-0.15, -0.1) is 0 Å². The van der Waals surface area contributed by atoms with Crippen LogP contribution in [-0.2, 0) is 11.2 Å². The lowest BCUT2D eigenvalue weighted by atomic mass is 10.1. The Morgan fingerprint density at radius 1 is 1.36 bits per heavy atom. The number of carbonyl (C=O) groups is 1. The zero-order chi connectivity index (χ0) is 16.1. The lowest BCUT2D eigenvalue weighted by Crippen LogP contribution is -2.41. The summed E-state index contributed by atoms with van der Waals surface area (Å²) in [6.07, 6.45) is 1.09. The average Bonchev–Trinajstić information content (AvgIpc) is 2.50. The fraction of sp³-hybridized carbons (Fsp3) is 0.533. The predicted octanol–water partition coefficient (Wildman–Crippen LogP) is 1.73. The van der Waals surface area contributed by atoms with E-state index in [1.165, 1.54) is 6.07 Å². The number of carbonyl (C=O) groups excluding carboxylic acids is 1. The van der Waals surface area contributed by atoms with Crippen molar-refractivity contribution in [2.24, 2.45) is 0 Å². The standard InChI is InChI=1S/C15H19ClF2N2O2/c16-14-12(17)2-1-10(15(14)18)9-13(22)19-5-8-20-6-3-11(21)4-7-20/h1-2,11,21H,3-9H2,(H,19,22). The predicted molar refractivity (Wildman–Crippen MR) is 79.8 cm³/mol. The molecule has 1 aliphatic rings. The van der Waals surface area contributed by atoms with Gasteiger partial charge in [0.2, 0.25) is 5.91 Å². The summed E-state index contributed by atoms with van der Waals surface area (Å²) in [4.78, 5) is 13.9. The second-order valence-electron chi connectivity index (χ2n) is 5.43.